The first-order valence-electron chi connectivity index (χ1n) is 6.65. The molecule has 0 spiro atoms. The van der Waals surface area contributed by atoms with Gasteiger partial charge in [-0.05, 0) is 19.1 Å². The van der Waals surface area contributed by atoms with E-state index in [1.165, 1.54) is 10.6 Å². The van der Waals surface area contributed by atoms with Crippen molar-refractivity contribution in [2.75, 3.05) is 49.7 Å². The van der Waals surface area contributed by atoms with Crippen LogP contribution in [-0.4, -0.2) is 51.8 Å². The molecule has 0 radical (unpaired) electrons. The number of piperazine rings is 1. The third kappa shape index (κ3) is 3.16. The maximum atomic E-state index is 11.5. The highest BCUT2D eigenvalue weighted by molar-refractivity contribution is 7.88. The SMILES string of the molecule is CCOc1cccc(N2CCN(S(C)(=O)=O)CC2)c1N. The van der Waals surface area contributed by atoms with Gasteiger partial charge in [-0.25, -0.2) is 8.42 Å². The van der Waals surface area contributed by atoms with Gasteiger partial charge in [0.05, 0.1) is 24.2 Å². The number of nitrogens with two attached hydrogens (primary N) is 1. The Labute approximate surface area is 120 Å². The summed E-state index contributed by atoms with van der Waals surface area (Å²) in [4.78, 5) is 2.10. The second kappa shape index (κ2) is 5.88. The van der Waals surface area contributed by atoms with Crippen molar-refractivity contribution in [3.05, 3.63) is 18.2 Å². The van der Waals surface area contributed by atoms with Crippen LogP contribution in [0.4, 0.5) is 11.4 Å². The van der Waals surface area contributed by atoms with E-state index in [-0.39, 0.29) is 0 Å². The number of ether oxygens (including phenoxy) is 1. The van der Waals surface area contributed by atoms with Crippen LogP contribution in [0.15, 0.2) is 18.2 Å². The standard InChI is InChI=1S/C13H21N3O3S/c1-3-19-12-6-4-5-11(13(12)14)15-7-9-16(10-8-15)20(2,17)18/h4-6H,3,7-10,14H2,1-2H3. The molecule has 0 aromatic heterocycles. The molecule has 0 bridgehead atoms. The van der Waals surface area contributed by atoms with Gasteiger partial charge in [0.15, 0.2) is 0 Å². The molecule has 0 aliphatic carbocycles. The summed E-state index contributed by atoms with van der Waals surface area (Å²) in [6.07, 6.45) is 1.24. The van der Waals surface area contributed by atoms with Gasteiger partial charge in [-0.15, -0.1) is 0 Å². The molecule has 2 rings (SSSR count). The number of benzene rings is 1. The number of nitrogens with zero attached hydrogens (tertiary/aromatic N) is 2. The number of nitrogen functional groups attached to an aromatic ring is 1. The Balaban J connectivity index is 2.13. The van der Waals surface area contributed by atoms with Crippen molar-refractivity contribution in [3.8, 4) is 5.75 Å². The van der Waals surface area contributed by atoms with Crippen LogP contribution in [0.3, 0.4) is 0 Å². The van der Waals surface area contributed by atoms with Gasteiger partial charge >= 0.3 is 0 Å². The quantitative estimate of drug-likeness (QED) is 0.830. The third-order valence-corrected chi connectivity index (χ3v) is 4.69. The monoisotopic (exact) mass is 299 g/mol. The van der Waals surface area contributed by atoms with Crippen LogP contribution >= 0.6 is 0 Å². The van der Waals surface area contributed by atoms with Crippen molar-refractivity contribution in [1.82, 2.24) is 4.31 Å². The Kier molecular flexibility index (Phi) is 4.39. The van der Waals surface area contributed by atoms with Gasteiger partial charge in [0, 0.05) is 26.2 Å². The molecule has 112 valence electrons. The van der Waals surface area contributed by atoms with Crippen molar-refractivity contribution < 1.29 is 13.2 Å². The summed E-state index contributed by atoms with van der Waals surface area (Å²) in [5.74, 6) is 0.676. The Hall–Kier alpha value is -1.47. The van der Waals surface area contributed by atoms with Crippen molar-refractivity contribution in [3.63, 3.8) is 0 Å². The maximum absolute atomic E-state index is 11.5. The predicted molar refractivity (Wildman–Crippen MR) is 80.7 cm³/mol. The van der Waals surface area contributed by atoms with Crippen LogP contribution in [-0.2, 0) is 10.0 Å². The van der Waals surface area contributed by atoms with E-state index < -0.39 is 10.0 Å². The number of hydrogen-bond acceptors (Lipinski definition) is 5. The van der Waals surface area contributed by atoms with E-state index in [4.69, 9.17) is 10.5 Å². The lowest BCUT2D eigenvalue weighted by Crippen LogP contribution is -2.48. The highest BCUT2D eigenvalue weighted by Crippen LogP contribution is 2.32. The van der Waals surface area contributed by atoms with Crippen LogP contribution in [0.5, 0.6) is 5.75 Å². The third-order valence-electron chi connectivity index (χ3n) is 3.39. The van der Waals surface area contributed by atoms with E-state index in [0.29, 0.717) is 44.2 Å². The van der Waals surface area contributed by atoms with Crippen LogP contribution in [0, 0.1) is 0 Å². The molecule has 1 aromatic rings. The molecule has 1 aromatic carbocycles. The fraction of sp³-hybridized carbons (Fsp3) is 0.538. The average Bonchev–Trinajstić information content (AvgIpc) is 2.41. The lowest BCUT2D eigenvalue weighted by atomic mass is 10.2. The largest absolute Gasteiger partial charge is 0.492 e. The van der Waals surface area contributed by atoms with Crippen molar-refractivity contribution in [2.24, 2.45) is 0 Å². The van der Waals surface area contributed by atoms with Gasteiger partial charge in [0.25, 0.3) is 0 Å². The van der Waals surface area contributed by atoms with E-state index in [0.717, 1.165) is 5.69 Å². The Bertz CT molecular complexity index is 566. The average molecular weight is 299 g/mol. The zero-order valence-electron chi connectivity index (χ0n) is 11.9. The molecule has 0 unspecified atom stereocenters. The first-order chi connectivity index (χ1) is 9.43. The van der Waals surface area contributed by atoms with E-state index in [2.05, 4.69) is 4.90 Å². The number of rotatable bonds is 4. The molecule has 1 aliphatic rings. The van der Waals surface area contributed by atoms with E-state index in [1.54, 1.807) is 0 Å². The van der Waals surface area contributed by atoms with Crippen LogP contribution < -0.4 is 15.4 Å². The van der Waals surface area contributed by atoms with Crippen LogP contribution in [0.2, 0.25) is 0 Å². The summed E-state index contributed by atoms with van der Waals surface area (Å²) in [6, 6.07) is 5.68. The van der Waals surface area contributed by atoms with Crippen molar-refractivity contribution >= 4 is 21.4 Å². The topological polar surface area (TPSA) is 75.9 Å². The number of hydrogen-bond donors (Lipinski definition) is 1. The lowest BCUT2D eigenvalue weighted by molar-refractivity contribution is 0.342. The lowest BCUT2D eigenvalue weighted by Gasteiger charge is -2.35. The number of anilines is 2. The summed E-state index contributed by atoms with van der Waals surface area (Å²) in [7, 11) is -3.11. The number of sulfonamides is 1. The van der Waals surface area contributed by atoms with E-state index >= 15 is 0 Å². The summed E-state index contributed by atoms with van der Waals surface area (Å²) in [5, 5.41) is 0. The van der Waals surface area contributed by atoms with Gasteiger partial charge in [-0.3, -0.25) is 0 Å². The maximum Gasteiger partial charge on any atom is 0.211 e. The molecule has 7 heteroatoms. The van der Waals surface area contributed by atoms with Crippen molar-refractivity contribution in [1.29, 1.82) is 0 Å². The van der Waals surface area contributed by atoms with Gasteiger partial charge in [-0.2, -0.15) is 4.31 Å². The summed E-state index contributed by atoms with van der Waals surface area (Å²) in [5.41, 5.74) is 7.64. The Morgan fingerprint density at radius 3 is 2.45 bits per heavy atom. The molecule has 2 N–H and O–H groups in total. The van der Waals surface area contributed by atoms with Crippen molar-refractivity contribution in [2.45, 2.75) is 6.92 Å². The fourth-order valence-corrected chi connectivity index (χ4v) is 3.18. The second-order valence-electron chi connectivity index (χ2n) is 4.77. The summed E-state index contributed by atoms with van der Waals surface area (Å²) < 4.78 is 30.0. The van der Waals surface area contributed by atoms with Crippen LogP contribution in [0.25, 0.3) is 0 Å². The predicted octanol–water partition coefficient (Wildman–Crippen LogP) is 0.749. The molecule has 1 heterocycles. The van der Waals surface area contributed by atoms with Gasteiger partial charge in [0.1, 0.15) is 5.75 Å². The fourth-order valence-electron chi connectivity index (χ4n) is 2.35. The van der Waals surface area contributed by atoms with Gasteiger partial charge in [0.2, 0.25) is 10.0 Å². The smallest absolute Gasteiger partial charge is 0.211 e. The molecule has 1 saturated heterocycles. The molecule has 0 saturated carbocycles. The van der Waals surface area contributed by atoms with Crippen LogP contribution in [0.1, 0.15) is 6.92 Å². The minimum Gasteiger partial charge on any atom is -0.492 e. The normalized spacial score (nSPS) is 17.2. The highest BCUT2D eigenvalue weighted by atomic mass is 32.2. The van der Waals surface area contributed by atoms with E-state index in [9.17, 15) is 8.42 Å². The first kappa shape index (κ1) is 14.9. The second-order valence-corrected chi connectivity index (χ2v) is 6.75. The highest BCUT2D eigenvalue weighted by Gasteiger charge is 2.24. The molecular weight excluding hydrogens is 278 g/mol. The Morgan fingerprint density at radius 2 is 1.90 bits per heavy atom. The Morgan fingerprint density at radius 1 is 1.25 bits per heavy atom. The molecule has 0 amide bonds. The molecule has 0 atom stereocenters. The minimum atomic E-state index is -3.11. The molecule has 6 nitrogen and oxygen atoms in total. The molecule has 1 fully saturated rings. The van der Waals surface area contributed by atoms with Gasteiger partial charge in [-0.1, -0.05) is 6.07 Å². The zero-order chi connectivity index (χ0) is 14.8. The minimum absolute atomic E-state index is 0.483. The summed E-state index contributed by atoms with van der Waals surface area (Å²) in [6.45, 7) is 4.71. The molecular formula is C13H21N3O3S. The molecule has 1 aliphatic heterocycles. The summed E-state index contributed by atoms with van der Waals surface area (Å²) >= 11 is 0. The molecule has 20 heavy (non-hydrogen) atoms. The van der Waals surface area contributed by atoms with Gasteiger partial charge < -0.3 is 15.4 Å². The van der Waals surface area contributed by atoms with E-state index in [1.807, 2.05) is 25.1 Å². The zero-order valence-corrected chi connectivity index (χ0v) is 12.7. The first-order valence-corrected chi connectivity index (χ1v) is 8.49. The number of para-hydroxylation sites is 1.